The smallest absolute Gasteiger partial charge is 0.242 e. The Hall–Kier alpha value is -2.45. The van der Waals surface area contributed by atoms with Gasteiger partial charge in [0.05, 0.1) is 7.11 Å². The van der Waals surface area contributed by atoms with Crippen LogP contribution in [0, 0.1) is 0 Å². The molecule has 0 unspecified atom stereocenters. The van der Waals surface area contributed by atoms with Gasteiger partial charge in [0.15, 0.2) is 5.52 Å². The normalized spacial score (nSPS) is 11.7. The SMILES string of the molecule is COc1ccccc1CCNS(=O)(=O)c1cccc2nonc12. The van der Waals surface area contributed by atoms with E-state index < -0.39 is 10.0 Å². The highest BCUT2D eigenvalue weighted by molar-refractivity contribution is 7.89. The molecular weight excluding hydrogens is 318 g/mol. The van der Waals surface area contributed by atoms with Crippen molar-refractivity contribution in [1.82, 2.24) is 15.0 Å². The highest BCUT2D eigenvalue weighted by atomic mass is 32.2. The Balaban J connectivity index is 1.76. The molecule has 3 rings (SSSR count). The number of hydrogen-bond acceptors (Lipinski definition) is 6. The lowest BCUT2D eigenvalue weighted by Crippen LogP contribution is -2.26. The number of aromatic nitrogens is 2. The summed E-state index contributed by atoms with van der Waals surface area (Å²) in [4.78, 5) is 0.0521. The second-order valence-corrected chi connectivity index (χ2v) is 6.58. The van der Waals surface area contributed by atoms with Crippen LogP contribution in [0.15, 0.2) is 52.0 Å². The third-order valence-corrected chi connectivity index (χ3v) is 4.91. The Morgan fingerprint density at radius 2 is 1.96 bits per heavy atom. The van der Waals surface area contributed by atoms with Crippen molar-refractivity contribution in [2.75, 3.05) is 13.7 Å². The van der Waals surface area contributed by atoms with E-state index in [1.54, 1.807) is 19.2 Å². The van der Waals surface area contributed by atoms with Crippen LogP contribution in [0.2, 0.25) is 0 Å². The number of para-hydroxylation sites is 1. The number of benzene rings is 2. The van der Waals surface area contributed by atoms with Crippen LogP contribution < -0.4 is 9.46 Å². The van der Waals surface area contributed by atoms with E-state index >= 15 is 0 Å². The lowest BCUT2D eigenvalue weighted by atomic mass is 10.1. The van der Waals surface area contributed by atoms with Crippen molar-refractivity contribution < 1.29 is 17.8 Å². The van der Waals surface area contributed by atoms with Crippen LogP contribution in [0.5, 0.6) is 5.75 Å². The zero-order valence-electron chi connectivity index (χ0n) is 12.4. The Morgan fingerprint density at radius 3 is 2.78 bits per heavy atom. The molecule has 7 nitrogen and oxygen atoms in total. The minimum atomic E-state index is -3.70. The van der Waals surface area contributed by atoms with E-state index in [4.69, 9.17) is 4.74 Å². The van der Waals surface area contributed by atoms with Crippen molar-refractivity contribution in [3.8, 4) is 5.75 Å². The van der Waals surface area contributed by atoms with Crippen molar-refractivity contribution in [2.24, 2.45) is 0 Å². The zero-order valence-corrected chi connectivity index (χ0v) is 13.2. The number of nitrogens with zero attached hydrogens (tertiary/aromatic N) is 2. The minimum Gasteiger partial charge on any atom is -0.496 e. The lowest BCUT2D eigenvalue weighted by molar-refractivity contribution is 0.315. The van der Waals surface area contributed by atoms with Gasteiger partial charge in [0, 0.05) is 6.54 Å². The molecule has 23 heavy (non-hydrogen) atoms. The van der Waals surface area contributed by atoms with Crippen molar-refractivity contribution in [3.05, 3.63) is 48.0 Å². The van der Waals surface area contributed by atoms with Gasteiger partial charge in [0.1, 0.15) is 16.2 Å². The molecule has 3 aromatic rings. The summed E-state index contributed by atoms with van der Waals surface area (Å²) in [5.41, 5.74) is 1.55. The van der Waals surface area contributed by atoms with E-state index in [-0.39, 0.29) is 17.0 Å². The monoisotopic (exact) mass is 333 g/mol. The molecular formula is C15H15N3O4S. The highest BCUT2D eigenvalue weighted by Gasteiger charge is 2.19. The highest BCUT2D eigenvalue weighted by Crippen LogP contribution is 2.20. The van der Waals surface area contributed by atoms with Crippen LogP contribution in [0.1, 0.15) is 5.56 Å². The first-order valence-electron chi connectivity index (χ1n) is 6.94. The first-order chi connectivity index (χ1) is 11.1. The Kier molecular flexibility index (Phi) is 4.26. The fourth-order valence-corrected chi connectivity index (χ4v) is 3.49. The van der Waals surface area contributed by atoms with Crippen LogP contribution in [0.3, 0.4) is 0 Å². The molecule has 0 saturated carbocycles. The van der Waals surface area contributed by atoms with Crippen LogP contribution >= 0.6 is 0 Å². The Labute approximate surface area is 133 Å². The van der Waals surface area contributed by atoms with E-state index in [9.17, 15) is 8.42 Å². The second-order valence-electron chi connectivity index (χ2n) is 4.85. The van der Waals surface area contributed by atoms with Crippen molar-refractivity contribution in [1.29, 1.82) is 0 Å². The predicted molar refractivity (Wildman–Crippen MR) is 83.7 cm³/mol. The molecule has 0 aliphatic heterocycles. The van der Waals surface area contributed by atoms with Crippen molar-refractivity contribution in [3.63, 3.8) is 0 Å². The number of methoxy groups -OCH3 is 1. The summed E-state index contributed by atoms with van der Waals surface area (Å²) in [5, 5.41) is 7.30. The maximum absolute atomic E-state index is 12.4. The van der Waals surface area contributed by atoms with E-state index in [0.29, 0.717) is 11.9 Å². The molecule has 0 radical (unpaired) electrons. The number of fused-ring (bicyclic) bond motifs is 1. The summed E-state index contributed by atoms with van der Waals surface area (Å²) in [6.45, 7) is 0.240. The molecule has 0 aliphatic carbocycles. The van der Waals surface area contributed by atoms with Crippen LogP contribution in [0.4, 0.5) is 0 Å². The van der Waals surface area contributed by atoms with E-state index in [0.717, 1.165) is 11.3 Å². The second kappa shape index (κ2) is 6.35. The van der Waals surface area contributed by atoms with Crippen LogP contribution in [0.25, 0.3) is 11.0 Å². The number of ether oxygens (including phenoxy) is 1. The van der Waals surface area contributed by atoms with Gasteiger partial charge in [-0.25, -0.2) is 17.8 Å². The molecule has 1 N–H and O–H groups in total. The molecule has 8 heteroatoms. The first kappa shape index (κ1) is 15.4. The van der Waals surface area contributed by atoms with Gasteiger partial charge in [-0.15, -0.1) is 0 Å². The minimum absolute atomic E-state index is 0.0521. The maximum Gasteiger partial charge on any atom is 0.242 e. The van der Waals surface area contributed by atoms with Crippen molar-refractivity contribution in [2.45, 2.75) is 11.3 Å². The third-order valence-electron chi connectivity index (χ3n) is 3.42. The molecule has 0 spiro atoms. The topological polar surface area (TPSA) is 94.3 Å². The first-order valence-corrected chi connectivity index (χ1v) is 8.43. The lowest BCUT2D eigenvalue weighted by Gasteiger charge is -2.09. The molecule has 2 aromatic carbocycles. The summed E-state index contributed by atoms with van der Waals surface area (Å²) in [7, 11) is -2.12. The van der Waals surface area contributed by atoms with E-state index in [1.165, 1.54) is 6.07 Å². The molecule has 0 atom stereocenters. The molecule has 0 aliphatic rings. The van der Waals surface area contributed by atoms with Crippen LogP contribution in [-0.4, -0.2) is 32.4 Å². The fraction of sp³-hybridized carbons (Fsp3) is 0.200. The molecule has 120 valence electrons. The number of sulfonamides is 1. The quantitative estimate of drug-likeness (QED) is 0.738. The predicted octanol–water partition coefficient (Wildman–Crippen LogP) is 1.75. The van der Waals surface area contributed by atoms with Crippen LogP contribution in [-0.2, 0) is 16.4 Å². The summed E-state index contributed by atoms with van der Waals surface area (Å²) >= 11 is 0. The molecule has 0 fully saturated rings. The van der Waals surface area contributed by atoms with Gasteiger partial charge in [-0.3, -0.25) is 0 Å². The Bertz CT molecular complexity index is 921. The number of hydrogen-bond donors (Lipinski definition) is 1. The Morgan fingerprint density at radius 1 is 1.13 bits per heavy atom. The van der Waals surface area contributed by atoms with E-state index in [2.05, 4.69) is 19.7 Å². The van der Waals surface area contributed by atoms with Crippen molar-refractivity contribution >= 4 is 21.1 Å². The van der Waals surface area contributed by atoms with Gasteiger partial charge in [0.25, 0.3) is 0 Å². The van der Waals surface area contributed by atoms with Gasteiger partial charge >= 0.3 is 0 Å². The van der Waals surface area contributed by atoms with Gasteiger partial charge in [-0.2, -0.15) is 0 Å². The fourth-order valence-electron chi connectivity index (χ4n) is 2.31. The summed E-state index contributed by atoms with van der Waals surface area (Å²) in [5.74, 6) is 0.731. The molecule has 1 heterocycles. The maximum atomic E-state index is 12.4. The average Bonchev–Trinajstić information content (AvgIpc) is 3.03. The largest absolute Gasteiger partial charge is 0.496 e. The van der Waals surface area contributed by atoms with Gasteiger partial charge in [0.2, 0.25) is 10.0 Å². The summed E-state index contributed by atoms with van der Waals surface area (Å²) in [6, 6.07) is 12.2. The molecule has 1 aromatic heterocycles. The standard InChI is InChI=1S/C15H15N3O4S/c1-21-13-7-3-2-5-11(13)9-10-16-23(19,20)14-8-4-6-12-15(14)18-22-17-12/h2-8,16H,9-10H2,1H3. The van der Waals surface area contributed by atoms with Gasteiger partial charge in [-0.05, 0) is 40.5 Å². The average molecular weight is 333 g/mol. The molecule has 0 bridgehead atoms. The van der Waals surface area contributed by atoms with Gasteiger partial charge < -0.3 is 4.74 Å². The van der Waals surface area contributed by atoms with E-state index in [1.807, 2.05) is 24.3 Å². The third kappa shape index (κ3) is 3.17. The number of rotatable bonds is 6. The zero-order chi connectivity index (χ0) is 16.3. The number of nitrogens with one attached hydrogen (secondary N) is 1. The summed E-state index contributed by atoms with van der Waals surface area (Å²) < 4.78 is 37.3. The molecule has 0 saturated heterocycles. The van der Waals surface area contributed by atoms with Gasteiger partial charge in [-0.1, -0.05) is 24.3 Å². The summed E-state index contributed by atoms with van der Waals surface area (Å²) in [6.07, 6.45) is 0.510. The molecule has 0 amide bonds.